The van der Waals surface area contributed by atoms with Gasteiger partial charge in [-0.15, -0.1) is 0 Å². The van der Waals surface area contributed by atoms with Crippen molar-refractivity contribution < 1.29 is 4.74 Å². The number of nitrogens with two attached hydrogens (primary N) is 1. The van der Waals surface area contributed by atoms with E-state index in [1.54, 1.807) is 6.07 Å². The van der Waals surface area contributed by atoms with E-state index in [0.29, 0.717) is 24.4 Å². The van der Waals surface area contributed by atoms with Gasteiger partial charge >= 0.3 is 0 Å². The second-order valence-electron chi connectivity index (χ2n) is 4.12. The van der Waals surface area contributed by atoms with Crippen LogP contribution in [-0.4, -0.2) is 13.2 Å². The lowest BCUT2D eigenvalue weighted by Gasteiger charge is -2.10. The summed E-state index contributed by atoms with van der Waals surface area (Å²) in [5.41, 5.74) is 7.73. The Morgan fingerprint density at radius 1 is 1.25 bits per heavy atom. The van der Waals surface area contributed by atoms with Gasteiger partial charge in [0.25, 0.3) is 0 Å². The van der Waals surface area contributed by atoms with Crippen molar-refractivity contribution in [2.24, 2.45) is 0 Å². The minimum absolute atomic E-state index is 0.487. The van der Waals surface area contributed by atoms with E-state index in [9.17, 15) is 0 Å². The standard InChI is InChI=1S/C15H14BrN3O/c16-14-5-2-6-15(13(14)10-17)19-7-8-20-12-4-1-3-11(18)9-12/h1-6,9,19H,7-8,18H2. The predicted molar refractivity (Wildman–Crippen MR) is 83.7 cm³/mol. The molecule has 0 bridgehead atoms. The van der Waals surface area contributed by atoms with Gasteiger partial charge in [0.2, 0.25) is 0 Å². The van der Waals surface area contributed by atoms with Crippen molar-refractivity contribution in [3.05, 3.63) is 52.5 Å². The Balaban J connectivity index is 1.88. The molecule has 0 atom stereocenters. The maximum atomic E-state index is 9.10. The average molecular weight is 332 g/mol. The van der Waals surface area contributed by atoms with E-state index in [4.69, 9.17) is 15.7 Å². The molecular formula is C15H14BrN3O. The van der Waals surface area contributed by atoms with Crippen molar-refractivity contribution in [3.63, 3.8) is 0 Å². The number of rotatable bonds is 5. The van der Waals surface area contributed by atoms with Gasteiger partial charge in [-0.2, -0.15) is 5.26 Å². The zero-order chi connectivity index (χ0) is 14.4. The molecule has 2 rings (SSSR count). The summed E-state index contributed by atoms with van der Waals surface area (Å²) >= 11 is 3.35. The summed E-state index contributed by atoms with van der Waals surface area (Å²) in [4.78, 5) is 0. The molecule has 3 N–H and O–H groups in total. The fraction of sp³-hybridized carbons (Fsp3) is 0.133. The molecule has 20 heavy (non-hydrogen) atoms. The molecular weight excluding hydrogens is 318 g/mol. The second-order valence-corrected chi connectivity index (χ2v) is 4.98. The zero-order valence-electron chi connectivity index (χ0n) is 10.8. The molecule has 102 valence electrons. The number of nitrogen functional groups attached to an aromatic ring is 1. The van der Waals surface area contributed by atoms with Crippen LogP contribution in [0.15, 0.2) is 46.9 Å². The number of nitriles is 1. The van der Waals surface area contributed by atoms with E-state index < -0.39 is 0 Å². The van der Waals surface area contributed by atoms with Gasteiger partial charge in [0.15, 0.2) is 0 Å². The van der Waals surface area contributed by atoms with Crippen LogP contribution in [0.4, 0.5) is 11.4 Å². The highest BCUT2D eigenvalue weighted by atomic mass is 79.9. The lowest BCUT2D eigenvalue weighted by molar-refractivity contribution is 0.333. The number of ether oxygens (including phenoxy) is 1. The SMILES string of the molecule is N#Cc1c(Br)cccc1NCCOc1cccc(N)c1. The highest BCUT2D eigenvalue weighted by Gasteiger charge is 2.04. The van der Waals surface area contributed by atoms with Crippen LogP contribution in [0.25, 0.3) is 0 Å². The summed E-state index contributed by atoms with van der Waals surface area (Å²) in [6.07, 6.45) is 0. The minimum Gasteiger partial charge on any atom is -0.492 e. The quantitative estimate of drug-likeness (QED) is 0.650. The van der Waals surface area contributed by atoms with Crippen molar-refractivity contribution in [1.29, 1.82) is 5.26 Å². The number of hydrogen-bond donors (Lipinski definition) is 2. The van der Waals surface area contributed by atoms with E-state index >= 15 is 0 Å². The number of halogens is 1. The van der Waals surface area contributed by atoms with E-state index in [2.05, 4.69) is 27.3 Å². The van der Waals surface area contributed by atoms with Gasteiger partial charge in [-0.3, -0.25) is 0 Å². The van der Waals surface area contributed by atoms with Gasteiger partial charge in [-0.25, -0.2) is 0 Å². The third-order valence-corrected chi connectivity index (χ3v) is 3.33. The Morgan fingerprint density at radius 3 is 2.80 bits per heavy atom. The molecule has 0 radical (unpaired) electrons. The molecule has 0 unspecified atom stereocenters. The monoisotopic (exact) mass is 331 g/mol. The lowest BCUT2D eigenvalue weighted by atomic mass is 10.2. The maximum absolute atomic E-state index is 9.10. The van der Waals surface area contributed by atoms with Crippen LogP contribution in [0.5, 0.6) is 5.75 Å². The lowest BCUT2D eigenvalue weighted by Crippen LogP contribution is -2.12. The Bertz CT molecular complexity index is 637. The van der Waals surface area contributed by atoms with E-state index in [1.165, 1.54) is 0 Å². The molecule has 0 amide bonds. The molecule has 0 aliphatic carbocycles. The highest BCUT2D eigenvalue weighted by molar-refractivity contribution is 9.10. The predicted octanol–water partition coefficient (Wildman–Crippen LogP) is 3.39. The van der Waals surface area contributed by atoms with Gasteiger partial charge < -0.3 is 15.8 Å². The van der Waals surface area contributed by atoms with Gasteiger partial charge in [-0.1, -0.05) is 12.1 Å². The third-order valence-electron chi connectivity index (χ3n) is 2.67. The number of nitrogens with zero attached hydrogens (tertiary/aromatic N) is 1. The Morgan fingerprint density at radius 2 is 2.05 bits per heavy atom. The van der Waals surface area contributed by atoms with E-state index in [-0.39, 0.29) is 0 Å². The Hall–Kier alpha value is -2.19. The van der Waals surface area contributed by atoms with Crippen LogP contribution in [0.2, 0.25) is 0 Å². The fourth-order valence-corrected chi connectivity index (χ4v) is 2.20. The molecule has 2 aromatic carbocycles. The number of hydrogen-bond acceptors (Lipinski definition) is 4. The molecule has 0 aromatic heterocycles. The van der Waals surface area contributed by atoms with Crippen LogP contribution in [0, 0.1) is 11.3 Å². The summed E-state index contributed by atoms with van der Waals surface area (Å²) in [5.74, 6) is 0.738. The van der Waals surface area contributed by atoms with Crippen molar-refractivity contribution in [2.75, 3.05) is 24.2 Å². The van der Waals surface area contributed by atoms with Crippen molar-refractivity contribution in [1.82, 2.24) is 0 Å². The molecule has 0 aliphatic heterocycles. The fourth-order valence-electron chi connectivity index (χ4n) is 1.74. The smallest absolute Gasteiger partial charge is 0.121 e. The maximum Gasteiger partial charge on any atom is 0.121 e. The first-order chi connectivity index (χ1) is 9.70. The van der Waals surface area contributed by atoms with Crippen LogP contribution in [0.3, 0.4) is 0 Å². The topological polar surface area (TPSA) is 71.1 Å². The molecule has 0 aliphatic rings. The normalized spacial score (nSPS) is 9.80. The summed E-state index contributed by atoms with van der Waals surface area (Å²) in [7, 11) is 0. The Labute approximate surface area is 126 Å². The van der Waals surface area contributed by atoms with E-state index in [0.717, 1.165) is 15.9 Å². The highest BCUT2D eigenvalue weighted by Crippen LogP contribution is 2.23. The molecule has 0 spiro atoms. The minimum atomic E-state index is 0.487. The first-order valence-electron chi connectivity index (χ1n) is 6.11. The van der Waals surface area contributed by atoms with Crippen molar-refractivity contribution >= 4 is 27.3 Å². The van der Waals surface area contributed by atoms with Gasteiger partial charge in [0.05, 0.1) is 11.3 Å². The van der Waals surface area contributed by atoms with Crippen LogP contribution in [-0.2, 0) is 0 Å². The summed E-state index contributed by atoms with van der Waals surface area (Å²) in [6.45, 7) is 1.08. The first kappa shape index (κ1) is 14.2. The number of nitrogens with one attached hydrogen (secondary N) is 1. The molecule has 0 saturated heterocycles. The van der Waals surface area contributed by atoms with Crippen LogP contribution in [0.1, 0.15) is 5.56 Å². The Kier molecular flexibility index (Phi) is 4.85. The summed E-state index contributed by atoms with van der Waals surface area (Å²) in [6, 6.07) is 15.0. The van der Waals surface area contributed by atoms with Crippen molar-refractivity contribution in [3.8, 4) is 11.8 Å². The van der Waals surface area contributed by atoms with Gasteiger partial charge in [-0.05, 0) is 40.2 Å². The average Bonchev–Trinajstić information content (AvgIpc) is 2.44. The second kappa shape index (κ2) is 6.83. The molecule has 4 nitrogen and oxygen atoms in total. The molecule has 5 heteroatoms. The van der Waals surface area contributed by atoms with Crippen molar-refractivity contribution in [2.45, 2.75) is 0 Å². The summed E-state index contributed by atoms with van der Waals surface area (Å²) in [5, 5.41) is 12.3. The van der Waals surface area contributed by atoms with E-state index in [1.807, 2.05) is 36.4 Å². The summed E-state index contributed by atoms with van der Waals surface area (Å²) < 4.78 is 6.35. The van der Waals surface area contributed by atoms with Gasteiger partial charge in [0, 0.05) is 22.8 Å². The largest absolute Gasteiger partial charge is 0.492 e. The van der Waals surface area contributed by atoms with Crippen LogP contribution >= 0.6 is 15.9 Å². The first-order valence-corrected chi connectivity index (χ1v) is 6.91. The van der Waals surface area contributed by atoms with Crippen LogP contribution < -0.4 is 15.8 Å². The molecule has 0 fully saturated rings. The van der Waals surface area contributed by atoms with Gasteiger partial charge in [0.1, 0.15) is 18.4 Å². The molecule has 0 heterocycles. The number of benzene rings is 2. The zero-order valence-corrected chi connectivity index (χ0v) is 12.4. The molecule has 0 saturated carbocycles. The number of anilines is 2. The molecule has 2 aromatic rings. The third kappa shape index (κ3) is 3.65.